The molecule has 1 amide bonds. The van der Waals surface area contributed by atoms with Crippen molar-refractivity contribution in [3.8, 4) is 0 Å². The average molecular weight is 275 g/mol. The van der Waals surface area contributed by atoms with E-state index >= 15 is 0 Å². The van der Waals surface area contributed by atoms with Crippen LogP contribution in [-0.2, 0) is 4.79 Å². The van der Waals surface area contributed by atoms with Gasteiger partial charge in [0.05, 0.1) is 4.88 Å². The third kappa shape index (κ3) is 3.43. The van der Waals surface area contributed by atoms with Gasteiger partial charge in [0.25, 0.3) is 5.91 Å². The zero-order valence-corrected chi connectivity index (χ0v) is 12.0. The van der Waals surface area contributed by atoms with Gasteiger partial charge in [-0.1, -0.05) is 36.4 Å². The molecule has 0 bridgehead atoms. The summed E-state index contributed by atoms with van der Waals surface area (Å²) in [7, 11) is 1.68. The van der Waals surface area contributed by atoms with E-state index in [1.807, 2.05) is 31.2 Å². The van der Waals surface area contributed by atoms with Gasteiger partial charge >= 0.3 is 0 Å². The third-order valence-electron chi connectivity index (χ3n) is 3.15. The molecule has 0 spiro atoms. The largest absolute Gasteiger partial charge is 0.354 e. The Morgan fingerprint density at radius 1 is 1.21 bits per heavy atom. The summed E-state index contributed by atoms with van der Waals surface area (Å²) in [6.45, 7) is 1.93. The van der Waals surface area contributed by atoms with Crippen LogP contribution in [0.5, 0.6) is 0 Å². The third-order valence-corrected chi connectivity index (χ3v) is 4.10. The van der Waals surface area contributed by atoms with E-state index in [0.717, 1.165) is 0 Å². The standard InChI is InChI=1S/C15H18N2OS/c1-11(15(18)16-2)17-14(13-9-6-10-19-13)12-7-4-3-5-8-12/h3-11,14,17H,1-2H3,(H,16,18)/p+1/t11-,14+/m0/s1. The van der Waals surface area contributed by atoms with Crippen LogP contribution >= 0.6 is 11.3 Å². The van der Waals surface area contributed by atoms with Crippen molar-refractivity contribution >= 4 is 17.2 Å². The average Bonchev–Trinajstić information content (AvgIpc) is 2.98. The molecule has 1 heterocycles. The highest BCUT2D eigenvalue weighted by Crippen LogP contribution is 2.22. The number of carbonyl (C=O) groups excluding carboxylic acids is 1. The van der Waals surface area contributed by atoms with Crippen LogP contribution in [0.1, 0.15) is 23.4 Å². The Hall–Kier alpha value is -1.65. The molecule has 2 rings (SSSR count). The lowest BCUT2D eigenvalue weighted by molar-refractivity contribution is -0.704. The van der Waals surface area contributed by atoms with E-state index in [2.05, 4.69) is 34.2 Å². The molecule has 1 aromatic heterocycles. The van der Waals surface area contributed by atoms with Crippen LogP contribution in [0.4, 0.5) is 0 Å². The van der Waals surface area contributed by atoms with Gasteiger partial charge in [0.15, 0.2) is 6.04 Å². The molecule has 3 N–H and O–H groups in total. The topological polar surface area (TPSA) is 45.7 Å². The summed E-state index contributed by atoms with van der Waals surface area (Å²) < 4.78 is 0. The van der Waals surface area contributed by atoms with E-state index in [9.17, 15) is 4.79 Å². The van der Waals surface area contributed by atoms with Crippen LogP contribution in [-0.4, -0.2) is 19.0 Å². The Balaban J connectivity index is 2.24. The maximum absolute atomic E-state index is 11.7. The lowest BCUT2D eigenvalue weighted by Crippen LogP contribution is -2.92. The number of carbonyl (C=O) groups is 1. The van der Waals surface area contributed by atoms with Gasteiger partial charge in [0.2, 0.25) is 0 Å². The summed E-state index contributed by atoms with van der Waals surface area (Å²) in [5.74, 6) is 0.0532. The van der Waals surface area contributed by atoms with Crippen LogP contribution in [0.15, 0.2) is 47.8 Å². The SMILES string of the molecule is CNC(=O)[C@H](C)[NH2+][C@H](c1ccccc1)c1cccs1. The van der Waals surface area contributed by atoms with Gasteiger partial charge in [0, 0.05) is 12.6 Å². The highest BCUT2D eigenvalue weighted by Gasteiger charge is 2.24. The number of rotatable bonds is 5. The smallest absolute Gasteiger partial charge is 0.277 e. The van der Waals surface area contributed by atoms with Crippen molar-refractivity contribution in [2.45, 2.75) is 19.0 Å². The summed E-state index contributed by atoms with van der Waals surface area (Å²) in [6.07, 6.45) is 0. The molecule has 0 aliphatic rings. The number of nitrogens with two attached hydrogens (primary N) is 1. The van der Waals surface area contributed by atoms with Gasteiger partial charge in [-0.05, 0) is 18.4 Å². The van der Waals surface area contributed by atoms with Gasteiger partial charge in [-0.25, -0.2) is 0 Å². The first kappa shape index (κ1) is 13.8. The van der Waals surface area contributed by atoms with Crippen molar-refractivity contribution in [3.05, 3.63) is 58.3 Å². The van der Waals surface area contributed by atoms with Crippen LogP contribution in [0, 0.1) is 0 Å². The second-order valence-electron chi connectivity index (χ2n) is 4.50. The molecule has 3 nitrogen and oxygen atoms in total. The molecule has 0 saturated carbocycles. The summed E-state index contributed by atoms with van der Waals surface area (Å²) in [5, 5.41) is 6.88. The van der Waals surface area contributed by atoms with E-state index < -0.39 is 0 Å². The number of hydrogen-bond acceptors (Lipinski definition) is 2. The summed E-state index contributed by atoms with van der Waals surface area (Å²) in [4.78, 5) is 13.0. The number of hydrogen-bond donors (Lipinski definition) is 2. The molecule has 0 fully saturated rings. The highest BCUT2D eigenvalue weighted by molar-refractivity contribution is 7.10. The molecule has 0 aliphatic carbocycles. The van der Waals surface area contributed by atoms with E-state index in [0.29, 0.717) is 0 Å². The number of likely N-dealkylation sites (N-methyl/N-ethyl adjacent to an activating group) is 1. The second-order valence-corrected chi connectivity index (χ2v) is 5.48. The first-order chi connectivity index (χ1) is 9.22. The van der Waals surface area contributed by atoms with Crippen LogP contribution < -0.4 is 10.6 Å². The van der Waals surface area contributed by atoms with Gasteiger partial charge in [-0.3, -0.25) is 4.79 Å². The van der Waals surface area contributed by atoms with E-state index in [-0.39, 0.29) is 18.0 Å². The lowest BCUT2D eigenvalue weighted by Gasteiger charge is -2.18. The first-order valence-corrected chi connectivity index (χ1v) is 7.25. The Morgan fingerprint density at radius 3 is 2.53 bits per heavy atom. The van der Waals surface area contributed by atoms with Crippen LogP contribution in [0.3, 0.4) is 0 Å². The monoisotopic (exact) mass is 275 g/mol. The molecular formula is C15H19N2OS+. The van der Waals surface area contributed by atoms with Crippen molar-refractivity contribution in [2.24, 2.45) is 0 Å². The Bertz CT molecular complexity index is 510. The van der Waals surface area contributed by atoms with Crippen LogP contribution in [0.25, 0.3) is 0 Å². The maximum Gasteiger partial charge on any atom is 0.277 e. The molecule has 100 valence electrons. The molecule has 0 unspecified atom stereocenters. The number of benzene rings is 1. The molecule has 4 heteroatoms. The predicted molar refractivity (Wildman–Crippen MR) is 78.1 cm³/mol. The molecule has 0 aliphatic heterocycles. The molecule has 19 heavy (non-hydrogen) atoms. The van der Waals surface area contributed by atoms with Gasteiger partial charge < -0.3 is 10.6 Å². The summed E-state index contributed by atoms with van der Waals surface area (Å²) >= 11 is 1.72. The first-order valence-electron chi connectivity index (χ1n) is 6.37. The minimum Gasteiger partial charge on any atom is -0.354 e. The normalized spacial score (nSPS) is 13.8. The minimum atomic E-state index is -0.114. The number of nitrogens with one attached hydrogen (secondary N) is 1. The fourth-order valence-corrected chi connectivity index (χ4v) is 2.94. The molecular weight excluding hydrogens is 256 g/mol. The van der Waals surface area contributed by atoms with Crippen molar-refractivity contribution < 1.29 is 10.1 Å². The van der Waals surface area contributed by atoms with E-state index in [1.54, 1.807) is 18.4 Å². The fraction of sp³-hybridized carbons (Fsp3) is 0.267. The summed E-state index contributed by atoms with van der Waals surface area (Å²) in [6, 6.07) is 14.5. The van der Waals surface area contributed by atoms with Crippen molar-refractivity contribution in [3.63, 3.8) is 0 Å². The van der Waals surface area contributed by atoms with Gasteiger partial charge in [-0.15, -0.1) is 11.3 Å². The predicted octanol–water partition coefficient (Wildman–Crippen LogP) is 1.54. The number of thiophene rings is 1. The zero-order chi connectivity index (χ0) is 13.7. The maximum atomic E-state index is 11.7. The number of quaternary nitrogens is 1. The minimum absolute atomic E-state index is 0.0532. The molecule has 0 saturated heterocycles. The number of amides is 1. The molecule has 2 aromatic rings. The Kier molecular flexibility index (Phi) is 4.71. The molecule has 2 atom stereocenters. The van der Waals surface area contributed by atoms with E-state index in [1.165, 1.54) is 10.4 Å². The van der Waals surface area contributed by atoms with Crippen LogP contribution in [0.2, 0.25) is 0 Å². The highest BCUT2D eigenvalue weighted by atomic mass is 32.1. The molecule has 0 radical (unpaired) electrons. The van der Waals surface area contributed by atoms with Crippen molar-refractivity contribution in [1.29, 1.82) is 0 Å². The van der Waals surface area contributed by atoms with Crippen molar-refractivity contribution in [1.82, 2.24) is 5.32 Å². The van der Waals surface area contributed by atoms with Gasteiger partial charge in [0.1, 0.15) is 6.04 Å². The summed E-state index contributed by atoms with van der Waals surface area (Å²) in [5.41, 5.74) is 1.22. The molecule has 1 aromatic carbocycles. The Labute approximate surface area is 117 Å². The van der Waals surface area contributed by atoms with Crippen molar-refractivity contribution in [2.75, 3.05) is 7.05 Å². The van der Waals surface area contributed by atoms with Gasteiger partial charge in [-0.2, -0.15) is 0 Å². The lowest BCUT2D eigenvalue weighted by atomic mass is 10.0. The quantitative estimate of drug-likeness (QED) is 0.854. The zero-order valence-electron chi connectivity index (χ0n) is 11.2. The second kappa shape index (κ2) is 6.50. The van der Waals surface area contributed by atoms with E-state index in [4.69, 9.17) is 0 Å². The Morgan fingerprint density at radius 2 is 1.95 bits per heavy atom. The fourth-order valence-electron chi connectivity index (χ4n) is 2.10.